The number of carbonyl (C=O) groups excluding carboxylic acids is 1. The molecule has 0 radical (unpaired) electrons. The Labute approximate surface area is 95.0 Å². The van der Waals surface area contributed by atoms with E-state index in [1.54, 1.807) is 19.2 Å². The fourth-order valence-electron chi connectivity index (χ4n) is 1.64. The van der Waals surface area contributed by atoms with Crippen molar-refractivity contribution in [2.75, 3.05) is 7.11 Å². The molecule has 4 heteroatoms. The summed E-state index contributed by atoms with van der Waals surface area (Å²) in [5.74, 6) is 1.12. The Morgan fingerprint density at radius 2 is 2.31 bits per heavy atom. The highest BCUT2D eigenvalue weighted by atomic mass is 16.5. The van der Waals surface area contributed by atoms with Crippen LogP contribution < -0.4 is 10.1 Å². The molecule has 1 aromatic heterocycles. The second kappa shape index (κ2) is 4.51. The number of ether oxygens (including phenoxy) is 1. The lowest BCUT2D eigenvalue weighted by Crippen LogP contribution is -2.34. The van der Waals surface area contributed by atoms with Crippen LogP contribution in [0.1, 0.15) is 30.1 Å². The van der Waals surface area contributed by atoms with Crippen LogP contribution in [0.3, 0.4) is 0 Å². The van der Waals surface area contributed by atoms with Crippen LogP contribution in [-0.2, 0) is 0 Å². The number of hydrogen-bond donors (Lipinski definition) is 1. The lowest BCUT2D eigenvalue weighted by molar-refractivity contribution is 0.0935. The van der Waals surface area contributed by atoms with E-state index >= 15 is 0 Å². The molecule has 1 unspecified atom stereocenters. The van der Waals surface area contributed by atoms with E-state index in [2.05, 4.69) is 10.3 Å². The second-order valence-electron chi connectivity index (χ2n) is 4.19. The molecule has 1 amide bonds. The van der Waals surface area contributed by atoms with E-state index in [0.717, 1.165) is 0 Å². The number of aromatic nitrogens is 1. The van der Waals surface area contributed by atoms with Crippen LogP contribution in [0.4, 0.5) is 0 Å². The highest BCUT2D eigenvalue weighted by molar-refractivity contribution is 5.94. The molecule has 1 fully saturated rings. The van der Waals surface area contributed by atoms with Crippen LogP contribution in [0.5, 0.6) is 5.88 Å². The summed E-state index contributed by atoms with van der Waals surface area (Å²) in [6, 6.07) is 3.67. The minimum Gasteiger partial charge on any atom is -0.481 e. The summed E-state index contributed by atoms with van der Waals surface area (Å²) >= 11 is 0. The molecule has 0 saturated heterocycles. The third-order valence-corrected chi connectivity index (χ3v) is 2.90. The number of nitrogens with zero attached hydrogens (tertiary/aromatic N) is 1. The fourth-order valence-corrected chi connectivity index (χ4v) is 1.64. The quantitative estimate of drug-likeness (QED) is 0.838. The first kappa shape index (κ1) is 10.9. The third kappa shape index (κ3) is 2.51. The van der Waals surface area contributed by atoms with Gasteiger partial charge < -0.3 is 10.1 Å². The first-order valence-electron chi connectivity index (χ1n) is 5.51. The van der Waals surface area contributed by atoms with Crippen molar-refractivity contribution in [1.82, 2.24) is 10.3 Å². The highest BCUT2D eigenvalue weighted by Crippen LogP contribution is 2.32. The Bertz CT molecular complexity index is 371. The van der Waals surface area contributed by atoms with Crippen molar-refractivity contribution in [2.45, 2.75) is 25.8 Å². The number of nitrogens with one attached hydrogen (secondary N) is 1. The molecule has 0 spiro atoms. The van der Waals surface area contributed by atoms with Gasteiger partial charge in [0.25, 0.3) is 5.91 Å². The van der Waals surface area contributed by atoms with E-state index in [0.29, 0.717) is 17.4 Å². The molecule has 1 aliphatic rings. The maximum atomic E-state index is 11.8. The second-order valence-corrected chi connectivity index (χ2v) is 4.19. The van der Waals surface area contributed by atoms with Crippen molar-refractivity contribution >= 4 is 5.91 Å². The molecular formula is C12H16N2O2. The van der Waals surface area contributed by atoms with Crippen molar-refractivity contribution in [3.05, 3.63) is 23.9 Å². The normalized spacial score (nSPS) is 16.6. The molecule has 0 bridgehead atoms. The SMILES string of the molecule is COc1ccc(C(=O)NC(C)C2CC2)cn1. The Morgan fingerprint density at radius 3 is 2.81 bits per heavy atom. The first-order chi connectivity index (χ1) is 7.70. The topological polar surface area (TPSA) is 51.2 Å². The van der Waals surface area contributed by atoms with E-state index in [4.69, 9.17) is 4.74 Å². The van der Waals surface area contributed by atoms with Gasteiger partial charge in [-0.15, -0.1) is 0 Å². The van der Waals surface area contributed by atoms with Crippen LogP contribution in [0, 0.1) is 5.92 Å². The number of methoxy groups -OCH3 is 1. The Morgan fingerprint density at radius 1 is 1.56 bits per heavy atom. The summed E-state index contributed by atoms with van der Waals surface area (Å²) in [5.41, 5.74) is 0.577. The van der Waals surface area contributed by atoms with Gasteiger partial charge in [-0.2, -0.15) is 0 Å². The zero-order valence-electron chi connectivity index (χ0n) is 9.56. The van der Waals surface area contributed by atoms with E-state index in [1.165, 1.54) is 19.0 Å². The molecular weight excluding hydrogens is 204 g/mol. The fraction of sp³-hybridized carbons (Fsp3) is 0.500. The van der Waals surface area contributed by atoms with Crippen LogP contribution in [0.15, 0.2) is 18.3 Å². The summed E-state index contributed by atoms with van der Waals surface area (Å²) in [7, 11) is 1.55. The number of carbonyl (C=O) groups is 1. The summed E-state index contributed by atoms with van der Waals surface area (Å²) in [6.45, 7) is 2.05. The molecule has 0 aliphatic heterocycles. The highest BCUT2D eigenvalue weighted by Gasteiger charge is 2.29. The number of amides is 1. The van der Waals surface area contributed by atoms with Gasteiger partial charge in [0.1, 0.15) is 0 Å². The van der Waals surface area contributed by atoms with Crippen molar-refractivity contribution in [1.29, 1.82) is 0 Å². The zero-order chi connectivity index (χ0) is 11.5. The van der Waals surface area contributed by atoms with Gasteiger partial charge in [0.05, 0.1) is 12.7 Å². The molecule has 1 N–H and O–H groups in total. The van der Waals surface area contributed by atoms with E-state index < -0.39 is 0 Å². The van der Waals surface area contributed by atoms with Gasteiger partial charge in [0.2, 0.25) is 5.88 Å². The predicted molar refractivity (Wildman–Crippen MR) is 60.4 cm³/mol. The standard InChI is InChI=1S/C12H16N2O2/c1-8(9-3-4-9)14-12(15)10-5-6-11(16-2)13-7-10/h5-9H,3-4H2,1-2H3,(H,14,15). The largest absolute Gasteiger partial charge is 0.481 e. The molecule has 1 atom stereocenters. The smallest absolute Gasteiger partial charge is 0.253 e. The van der Waals surface area contributed by atoms with Crippen molar-refractivity contribution in [3.8, 4) is 5.88 Å². The van der Waals surface area contributed by atoms with Crippen molar-refractivity contribution < 1.29 is 9.53 Å². The third-order valence-electron chi connectivity index (χ3n) is 2.90. The minimum absolute atomic E-state index is 0.0606. The van der Waals surface area contributed by atoms with Gasteiger partial charge in [-0.25, -0.2) is 4.98 Å². The molecule has 1 aromatic rings. The van der Waals surface area contributed by atoms with Gasteiger partial charge >= 0.3 is 0 Å². The van der Waals surface area contributed by atoms with Crippen molar-refractivity contribution in [3.63, 3.8) is 0 Å². The number of rotatable bonds is 4. The summed E-state index contributed by atoms with van der Waals surface area (Å²) < 4.78 is 4.94. The van der Waals surface area contributed by atoms with E-state index in [-0.39, 0.29) is 11.9 Å². The Hall–Kier alpha value is -1.58. The molecule has 0 aromatic carbocycles. The van der Waals surface area contributed by atoms with Gasteiger partial charge in [-0.3, -0.25) is 4.79 Å². The Kier molecular flexibility index (Phi) is 3.08. The zero-order valence-corrected chi connectivity index (χ0v) is 9.56. The molecule has 4 nitrogen and oxygen atoms in total. The molecule has 1 saturated carbocycles. The molecule has 1 heterocycles. The van der Waals surface area contributed by atoms with Gasteiger partial charge in [0.15, 0.2) is 0 Å². The summed E-state index contributed by atoms with van der Waals surface area (Å²) in [5, 5.41) is 2.98. The summed E-state index contributed by atoms with van der Waals surface area (Å²) in [4.78, 5) is 15.8. The average molecular weight is 220 g/mol. The van der Waals surface area contributed by atoms with E-state index in [9.17, 15) is 4.79 Å². The van der Waals surface area contributed by atoms with Crippen LogP contribution in [-0.4, -0.2) is 24.0 Å². The Balaban J connectivity index is 1.96. The lowest BCUT2D eigenvalue weighted by atomic mass is 10.2. The van der Waals surface area contributed by atoms with Crippen LogP contribution >= 0.6 is 0 Å². The maximum Gasteiger partial charge on any atom is 0.253 e. The number of hydrogen-bond acceptors (Lipinski definition) is 3. The van der Waals surface area contributed by atoms with Gasteiger partial charge in [-0.1, -0.05) is 0 Å². The monoisotopic (exact) mass is 220 g/mol. The predicted octanol–water partition coefficient (Wildman–Crippen LogP) is 1.62. The van der Waals surface area contributed by atoms with Crippen LogP contribution in [0.2, 0.25) is 0 Å². The van der Waals surface area contributed by atoms with Crippen LogP contribution in [0.25, 0.3) is 0 Å². The maximum absolute atomic E-state index is 11.8. The summed E-state index contributed by atoms with van der Waals surface area (Å²) in [6.07, 6.45) is 3.98. The average Bonchev–Trinajstić information content (AvgIpc) is 3.13. The molecule has 86 valence electrons. The minimum atomic E-state index is -0.0606. The molecule has 2 rings (SSSR count). The van der Waals surface area contributed by atoms with Crippen molar-refractivity contribution in [2.24, 2.45) is 5.92 Å². The van der Waals surface area contributed by atoms with Gasteiger partial charge in [-0.05, 0) is 31.7 Å². The van der Waals surface area contributed by atoms with E-state index in [1.807, 2.05) is 6.92 Å². The number of pyridine rings is 1. The lowest BCUT2D eigenvalue weighted by Gasteiger charge is -2.12. The molecule has 16 heavy (non-hydrogen) atoms. The molecule has 1 aliphatic carbocycles. The first-order valence-corrected chi connectivity index (χ1v) is 5.51. The van der Waals surface area contributed by atoms with Gasteiger partial charge in [0, 0.05) is 18.3 Å².